The monoisotopic (exact) mass is 424 g/mol. The molecular formula is C20H20N6O3S. The van der Waals surface area contributed by atoms with Crippen molar-refractivity contribution in [3.8, 4) is 16.6 Å². The molecule has 0 atom stereocenters. The topological polar surface area (TPSA) is 108 Å². The van der Waals surface area contributed by atoms with Gasteiger partial charge in [-0.05, 0) is 45.0 Å². The fourth-order valence-corrected chi connectivity index (χ4v) is 3.96. The summed E-state index contributed by atoms with van der Waals surface area (Å²) in [6.45, 7) is 5.79. The zero-order valence-corrected chi connectivity index (χ0v) is 17.6. The third-order valence-corrected chi connectivity index (χ3v) is 5.62. The minimum absolute atomic E-state index is 0.186. The first kappa shape index (κ1) is 19.8. The first-order valence-electron chi connectivity index (χ1n) is 9.29. The standard InChI is InChI=1S/C20H20N6O3S/c1-12-9-13(2)26(23-12)17-6-7-19(28)25(24-17)11-18(27)21-10-16-14(3)22-20(30-16)15-5-4-8-29-15/h4-9H,10-11H2,1-3H3,(H,21,27). The molecule has 4 aromatic heterocycles. The van der Waals surface area contributed by atoms with E-state index in [2.05, 4.69) is 20.5 Å². The number of carbonyl (C=O) groups is 1. The van der Waals surface area contributed by atoms with Crippen LogP contribution < -0.4 is 10.9 Å². The van der Waals surface area contributed by atoms with Crippen LogP contribution in [0.15, 0.2) is 45.8 Å². The summed E-state index contributed by atoms with van der Waals surface area (Å²) in [7, 11) is 0. The maximum atomic E-state index is 12.4. The van der Waals surface area contributed by atoms with Crippen molar-refractivity contribution in [3.63, 3.8) is 0 Å². The Kier molecular flexibility index (Phi) is 5.32. The second kappa shape index (κ2) is 8.07. The normalized spacial score (nSPS) is 11.0. The van der Waals surface area contributed by atoms with E-state index >= 15 is 0 Å². The molecule has 0 spiro atoms. The Bertz CT molecular complexity index is 1250. The van der Waals surface area contributed by atoms with Gasteiger partial charge in [0.25, 0.3) is 5.56 Å². The Labute approximate surface area is 176 Å². The molecule has 0 aliphatic carbocycles. The molecule has 0 unspecified atom stereocenters. The summed E-state index contributed by atoms with van der Waals surface area (Å²) in [6.07, 6.45) is 1.60. The number of hydrogen-bond acceptors (Lipinski definition) is 7. The van der Waals surface area contributed by atoms with E-state index in [0.29, 0.717) is 18.1 Å². The second-order valence-corrected chi connectivity index (χ2v) is 7.89. The van der Waals surface area contributed by atoms with Gasteiger partial charge in [-0.25, -0.2) is 14.3 Å². The van der Waals surface area contributed by atoms with Crippen molar-refractivity contribution in [2.24, 2.45) is 0 Å². The number of hydrogen-bond donors (Lipinski definition) is 1. The van der Waals surface area contributed by atoms with E-state index in [0.717, 1.165) is 31.6 Å². The van der Waals surface area contributed by atoms with Crippen LogP contribution in [0.25, 0.3) is 16.6 Å². The summed E-state index contributed by atoms with van der Waals surface area (Å²) < 4.78 is 8.14. The largest absolute Gasteiger partial charge is 0.462 e. The summed E-state index contributed by atoms with van der Waals surface area (Å²) in [5, 5.41) is 12.2. The minimum atomic E-state index is -0.357. The number of thiazole rings is 1. The second-order valence-electron chi connectivity index (χ2n) is 6.81. The van der Waals surface area contributed by atoms with Crippen LogP contribution in [-0.2, 0) is 17.9 Å². The predicted octanol–water partition coefficient (Wildman–Crippen LogP) is 2.39. The van der Waals surface area contributed by atoms with Crippen molar-refractivity contribution in [2.75, 3.05) is 0 Å². The first-order chi connectivity index (χ1) is 14.4. The fourth-order valence-electron chi connectivity index (χ4n) is 2.99. The highest BCUT2D eigenvalue weighted by atomic mass is 32.1. The number of aromatic nitrogens is 5. The lowest BCUT2D eigenvalue weighted by molar-refractivity contribution is -0.122. The van der Waals surface area contributed by atoms with Gasteiger partial charge in [0.05, 0.1) is 24.2 Å². The van der Waals surface area contributed by atoms with Crippen molar-refractivity contribution in [2.45, 2.75) is 33.9 Å². The highest BCUT2D eigenvalue weighted by Crippen LogP contribution is 2.28. The van der Waals surface area contributed by atoms with Gasteiger partial charge in [0, 0.05) is 16.6 Å². The lowest BCUT2D eigenvalue weighted by Gasteiger charge is -2.08. The van der Waals surface area contributed by atoms with Gasteiger partial charge >= 0.3 is 0 Å². The number of nitrogens with one attached hydrogen (secondary N) is 1. The predicted molar refractivity (Wildman–Crippen MR) is 111 cm³/mol. The summed E-state index contributed by atoms with van der Waals surface area (Å²) >= 11 is 1.46. The maximum absolute atomic E-state index is 12.4. The molecule has 0 aromatic carbocycles. The number of furan rings is 1. The van der Waals surface area contributed by atoms with Crippen LogP contribution in [0.2, 0.25) is 0 Å². The lowest BCUT2D eigenvalue weighted by Crippen LogP contribution is -2.33. The molecule has 4 aromatic rings. The maximum Gasteiger partial charge on any atom is 0.267 e. The molecule has 4 rings (SSSR count). The van der Waals surface area contributed by atoms with E-state index in [9.17, 15) is 9.59 Å². The zero-order valence-electron chi connectivity index (χ0n) is 16.7. The Morgan fingerprint density at radius 2 is 2.03 bits per heavy atom. The number of nitrogens with zero attached hydrogens (tertiary/aromatic N) is 5. The van der Waals surface area contributed by atoms with Crippen molar-refractivity contribution >= 4 is 17.2 Å². The molecule has 0 aliphatic heterocycles. The zero-order chi connectivity index (χ0) is 21.3. The van der Waals surface area contributed by atoms with E-state index in [1.165, 1.54) is 17.4 Å². The van der Waals surface area contributed by atoms with Gasteiger partial charge in [-0.3, -0.25) is 9.59 Å². The Balaban J connectivity index is 1.45. The summed E-state index contributed by atoms with van der Waals surface area (Å²) in [4.78, 5) is 30.0. The van der Waals surface area contributed by atoms with Crippen molar-refractivity contribution in [1.82, 2.24) is 29.9 Å². The third-order valence-electron chi connectivity index (χ3n) is 4.44. The van der Waals surface area contributed by atoms with Crippen molar-refractivity contribution < 1.29 is 9.21 Å². The van der Waals surface area contributed by atoms with Gasteiger partial charge < -0.3 is 9.73 Å². The minimum Gasteiger partial charge on any atom is -0.462 e. The molecule has 10 heteroatoms. The molecule has 154 valence electrons. The Morgan fingerprint density at radius 1 is 1.20 bits per heavy atom. The van der Waals surface area contributed by atoms with Gasteiger partial charge in [-0.15, -0.1) is 16.4 Å². The molecule has 9 nitrogen and oxygen atoms in total. The Morgan fingerprint density at radius 3 is 2.73 bits per heavy atom. The van der Waals surface area contributed by atoms with Crippen molar-refractivity contribution in [3.05, 3.63) is 68.9 Å². The number of carbonyl (C=O) groups excluding carboxylic acids is 1. The molecule has 0 saturated heterocycles. The van der Waals surface area contributed by atoms with Crippen LogP contribution in [0.1, 0.15) is 22.0 Å². The summed E-state index contributed by atoms with van der Waals surface area (Å²) in [5.74, 6) is 0.856. The van der Waals surface area contributed by atoms with Crippen LogP contribution >= 0.6 is 11.3 Å². The van der Waals surface area contributed by atoms with Crippen LogP contribution in [0, 0.1) is 20.8 Å². The molecule has 0 fully saturated rings. The third kappa shape index (κ3) is 4.08. The van der Waals surface area contributed by atoms with Gasteiger partial charge in [0.2, 0.25) is 5.91 Å². The lowest BCUT2D eigenvalue weighted by atomic mass is 10.4. The molecule has 0 aliphatic rings. The highest BCUT2D eigenvalue weighted by molar-refractivity contribution is 7.15. The smallest absolute Gasteiger partial charge is 0.267 e. The number of rotatable bonds is 6. The van der Waals surface area contributed by atoms with Crippen LogP contribution in [0.5, 0.6) is 0 Å². The summed E-state index contributed by atoms with van der Waals surface area (Å²) in [6, 6.07) is 8.53. The van der Waals surface area contributed by atoms with Crippen LogP contribution in [0.3, 0.4) is 0 Å². The highest BCUT2D eigenvalue weighted by Gasteiger charge is 2.14. The van der Waals surface area contributed by atoms with Crippen LogP contribution in [-0.4, -0.2) is 30.5 Å². The van der Waals surface area contributed by atoms with E-state index in [1.807, 2.05) is 32.9 Å². The molecule has 0 radical (unpaired) electrons. The van der Waals surface area contributed by atoms with Crippen molar-refractivity contribution in [1.29, 1.82) is 0 Å². The number of amides is 1. The van der Waals surface area contributed by atoms with Gasteiger partial charge in [-0.1, -0.05) is 0 Å². The molecule has 0 bridgehead atoms. The SMILES string of the molecule is Cc1cc(C)n(-c2ccc(=O)n(CC(=O)NCc3sc(-c4ccco4)nc3C)n2)n1. The average Bonchev–Trinajstić information content (AvgIpc) is 3.42. The molecular weight excluding hydrogens is 404 g/mol. The van der Waals surface area contributed by atoms with Gasteiger partial charge in [0.1, 0.15) is 6.54 Å². The Hall–Kier alpha value is -3.53. The molecule has 0 saturated carbocycles. The first-order valence-corrected chi connectivity index (χ1v) is 10.1. The van der Waals surface area contributed by atoms with E-state index in [1.54, 1.807) is 23.1 Å². The molecule has 1 N–H and O–H groups in total. The summed E-state index contributed by atoms with van der Waals surface area (Å²) in [5.41, 5.74) is 2.21. The van der Waals surface area contributed by atoms with Gasteiger partial charge in [0.15, 0.2) is 16.6 Å². The van der Waals surface area contributed by atoms with Gasteiger partial charge in [-0.2, -0.15) is 5.10 Å². The van der Waals surface area contributed by atoms with Crippen LogP contribution in [0.4, 0.5) is 0 Å². The van der Waals surface area contributed by atoms with E-state index in [-0.39, 0.29) is 18.0 Å². The van der Waals surface area contributed by atoms with E-state index < -0.39 is 0 Å². The number of aryl methyl sites for hydroxylation is 3. The average molecular weight is 424 g/mol. The molecule has 4 heterocycles. The quantitative estimate of drug-likeness (QED) is 0.509. The molecule has 30 heavy (non-hydrogen) atoms. The van der Waals surface area contributed by atoms with E-state index in [4.69, 9.17) is 4.42 Å². The fraction of sp³-hybridized carbons (Fsp3) is 0.250. The molecule has 1 amide bonds.